The Morgan fingerprint density at radius 1 is 1.38 bits per heavy atom. The molecule has 0 heterocycles. The summed E-state index contributed by atoms with van der Waals surface area (Å²) < 4.78 is 28.0. The van der Waals surface area contributed by atoms with Crippen molar-refractivity contribution in [3.8, 4) is 0 Å². The van der Waals surface area contributed by atoms with Gasteiger partial charge in [0.25, 0.3) is 0 Å². The molecule has 48 valence electrons. The van der Waals surface area contributed by atoms with E-state index in [-0.39, 0.29) is 68.5 Å². The van der Waals surface area contributed by atoms with Gasteiger partial charge in [0.1, 0.15) is 0 Å². The van der Waals surface area contributed by atoms with Crippen LogP contribution in [0.25, 0.3) is 0 Å². The molecule has 0 aromatic heterocycles. The van der Waals surface area contributed by atoms with Gasteiger partial charge in [0, 0.05) is 0 Å². The molecule has 0 saturated heterocycles. The average Bonchev–Trinajstić information content (AvgIpc) is 1.35. The van der Waals surface area contributed by atoms with E-state index in [1.54, 1.807) is 0 Å². The van der Waals surface area contributed by atoms with Gasteiger partial charge in [0.2, 0.25) is 0 Å². The van der Waals surface area contributed by atoms with Crippen molar-refractivity contribution >= 4 is 78.9 Å². The zero-order valence-electron chi connectivity index (χ0n) is 3.03. The van der Waals surface area contributed by atoms with E-state index in [1.165, 1.54) is 0 Å². The Balaban J connectivity index is -0.000000125. The van der Waals surface area contributed by atoms with Gasteiger partial charge in [-0.05, 0) is 0 Å². The Hall–Kier alpha value is 1.99. The minimum atomic E-state index is -4.61. The van der Waals surface area contributed by atoms with Crippen molar-refractivity contribution in [3.05, 3.63) is 0 Å². The molecule has 8 heteroatoms. The fourth-order valence-electron chi connectivity index (χ4n) is 0. The molecule has 0 radical (unpaired) electrons. The van der Waals surface area contributed by atoms with E-state index in [0.29, 0.717) is 0 Å². The first-order chi connectivity index (χ1) is 2.56. The molecule has 2 N–H and O–H groups in total. The van der Waals surface area contributed by atoms with Crippen LogP contribution in [-0.2, 0) is 14.7 Å². The third-order valence-electron chi connectivity index (χ3n) is 0.0942. The van der Waals surface area contributed by atoms with Crippen molar-refractivity contribution in [2.45, 2.75) is 0 Å². The maximum absolute atomic E-state index is 9.08. The van der Waals surface area contributed by atoms with Crippen LogP contribution in [0.4, 0.5) is 0 Å². The van der Waals surface area contributed by atoms with Crippen LogP contribution in [0.15, 0.2) is 0 Å². The molecule has 0 saturated carbocycles. The van der Waals surface area contributed by atoms with E-state index < -0.39 is 10.4 Å². The van der Waals surface area contributed by atoms with Crippen LogP contribution >= 0.6 is 0 Å². The molecule has 0 amide bonds. The Bertz CT molecular complexity index is 114. The second-order valence-corrected chi connectivity index (χ2v) is 1.51. The Morgan fingerprint density at radius 2 is 1.50 bits per heavy atom. The van der Waals surface area contributed by atoms with Gasteiger partial charge in [0.15, 0.2) is 0 Å². The summed E-state index contributed by atoms with van der Waals surface area (Å²) in [6, 6.07) is 0. The van der Waals surface area contributed by atoms with Gasteiger partial charge in [-0.15, -0.1) is 0 Å². The van der Waals surface area contributed by atoms with Crippen molar-refractivity contribution in [3.63, 3.8) is 0 Å². The molecule has 8 heavy (non-hydrogen) atoms. The van der Waals surface area contributed by atoms with Crippen molar-refractivity contribution in [2.24, 2.45) is 0 Å². The molecule has 0 aromatic rings. The average molecular weight is 235 g/mol. The summed E-state index contributed by atoms with van der Waals surface area (Å²) in [7, 11) is -4.61. The quantitative estimate of drug-likeness (QED) is 0.231. The van der Waals surface area contributed by atoms with Crippen LogP contribution in [0.5, 0.6) is 0 Å². The molecule has 0 bridgehead atoms. The predicted octanol–water partition coefficient (Wildman–Crippen LogP) is -2.29. The fraction of sp³-hybridized carbons (Fsp3) is 0. The normalized spacial score (nSPS) is 8.75. The third kappa shape index (κ3) is 15.7. The van der Waals surface area contributed by atoms with Crippen molar-refractivity contribution < 1.29 is 22.6 Å². The Kier molecular flexibility index (Phi) is 14.7. The summed E-state index contributed by atoms with van der Waals surface area (Å²) in [5, 5.41) is 7.06. The van der Waals surface area contributed by atoms with Gasteiger partial charge in [-0.25, -0.2) is 5.26 Å². The molecule has 0 fully saturated rings. The van der Waals surface area contributed by atoms with Crippen LogP contribution < -0.4 is 0 Å². The number of hydrogen-bond donors (Lipinski definition) is 2. The van der Waals surface area contributed by atoms with E-state index in [4.69, 9.17) is 18.2 Å². The summed E-state index contributed by atoms with van der Waals surface area (Å²) in [4.78, 5) is 0. The predicted molar refractivity (Wildman–Crippen MR) is 31.0 cm³/mol. The van der Waals surface area contributed by atoms with Gasteiger partial charge < -0.3 is 0 Å². The zero-order chi connectivity index (χ0) is 5.21. The molecule has 0 aliphatic carbocycles. The summed E-state index contributed by atoms with van der Waals surface area (Å²) in [5.41, 5.74) is 0. The Labute approximate surface area is 99.6 Å². The standard InChI is InChI=1S/K.H2O5S.H2Se.H/c;1-5-6(2,3)4;;/h;1H,(H,2,3,4);1H2;. The molecule has 0 aliphatic heterocycles. The first kappa shape index (κ1) is 16.5. The van der Waals surface area contributed by atoms with Crippen LogP contribution in [0, 0.1) is 0 Å². The summed E-state index contributed by atoms with van der Waals surface area (Å²) in [6.07, 6.45) is 0. The topological polar surface area (TPSA) is 83.8 Å². The molecule has 0 unspecified atom stereocenters. The second kappa shape index (κ2) is 7.10. The van der Waals surface area contributed by atoms with E-state index in [2.05, 4.69) is 4.33 Å². The van der Waals surface area contributed by atoms with E-state index >= 15 is 0 Å². The Morgan fingerprint density at radius 3 is 1.50 bits per heavy atom. The van der Waals surface area contributed by atoms with Gasteiger partial charge in [-0.2, -0.15) is 8.42 Å². The van der Waals surface area contributed by atoms with Crippen molar-refractivity contribution in [1.29, 1.82) is 0 Å². The van der Waals surface area contributed by atoms with Crippen molar-refractivity contribution in [1.82, 2.24) is 0 Å². The summed E-state index contributed by atoms with van der Waals surface area (Å²) in [6.45, 7) is 0. The fourth-order valence-corrected chi connectivity index (χ4v) is 0. The zero-order valence-corrected chi connectivity index (χ0v) is 5.94. The first-order valence-corrected chi connectivity index (χ1v) is 2.23. The molecule has 0 rings (SSSR count). The molecule has 5 nitrogen and oxygen atoms in total. The van der Waals surface area contributed by atoms with Gasteiger partial charge >= 0.3 is 78.9 Å². The molecule has 0 aliphatic rings. The monoisotopic (exact) mass is 236 g/mol. The van der Waals surface area contributed by atoms with Gasteiger partial charge in [-0.1, -0.05) is 4.33 Å². The number of hydrogen-bond acceptors (Lipinski definition) is 4. The first-order valence-electron chi connectivity index (χ1n) is 0.865. The van der Waals surface area contributed by atoms with E-state index in [9.17, 15) is 0 Å². The molecule has 0 aromatic carbocycles. The molecule has 0 spiro atoms. The second-order valence-electron chi connectivity index (χ2n) is 0.502. The number of rotatable bonds is 1. The van der Waals surface area contributed by atoms with E-state index in [1.807, 2.05) is 0 Å². The molecular weight excluding hydrogens is 230 g/mol. The van der Waals surface area contributed by atoms with Crippen molar-refractivity contribution in [2.75, 3.05) is 0 Å². The van der Waals surface area contributed by atoms with Gasteiger partial charge in [-0.3, -0.25) is 4.55 Å². The van der Waals surface area contributed by atoms with Crippen LogP contribution in [-0.4, -0.2) is 86.7 Å². The summed E-state index contributed by atoms with van der Waals surface area (Å²) >= 11 is 0. The van der Waals surface area contributed by atoms with E-state index in [0.717, 1.165) is 0 Å². The molecule has 0 atom stereocenters. The maximum atomic E-state index is 9.08. The third-order valence-corrected chi connectivity index (χ3v) is 0.283. The van der Waals surface area contributed by atoms with Crippen LogP contribution in [0.2, 0.25) is 0 Å². The molecular formula is H5KO5SSe. The van der Waals surface area contributed by atoms with Gasteiger partial charge in [0.05, 0.1) is 0 Å². The minimum absolute atomic E-state index is 0. The van der Waals surface area contributed by atoms with Crippen LogP contribution in [0.1, 0.15) is 0 Å². The summed E-state index contributed by atoms with van der Waals surface area (Å²) in [5.74, 6) is 0. The SMILES string of the molecule is O=S(=O)(O)OO.[KH].[SeH2]. The van der Waals surface area contributed by atoms with Crippen LogP contribution in [0.3, 0.4) is 0 Å².